The van der Waals surface area contributed by atoms with Crippen LogP contribution in [0.25, 0.3) is 0 Å². The zero-order valence-electron chi connectivity index (χ0n) is 13.9. The summed E-state index contributed by atoms with van der Waals surface area (Å²) in [7, 11) is 0. The Morgan fingerprint density at radius 3 is 2.96 bits per heavy atom. The van der Waals surface area contributed by atoms with Crippen molar-refractivity contribution in [3.05, 3.63) is 51.6 Å². The molecule has 25 heavy (non-hydrogen) atoms. The van der Waals surface area contributed by atoms with Crippen LogP contribution in [-0.4, -0.2) is 22.1 Å². The summed E-state index contributed by atoms with van der Waals surface area (Å²) in [6.45, 7) is 2.71. The number of aromatic nitrogens is 2. The van der Waals surface area contributed by atoms with Gasteiger partial charge in [0.05, 0.1) is 12.2 Å². The highest BCUT2D eigenvalue weighted by atomic mass is 32.1. The smallest absolute Gasteiger partial charge is 0.315 e. The molecule has 1 unspecified atom stereocenters. The van der Waals surface area contributed by atoms with Gasteiger partial charge in [0.2, 0.25) is 0 Å². The third-order valence-electron chi connectivity index (χ3n) is 4.46. The molecule has 5 nitrogen and oxygen atoms in total. The van der Waals surface area contributed by atoms with Gasteiger partial charge in [-0.1, -0.05) is 0 Å². The molecule has 8 heteroatoms. The van der Waals surface area contributed by atoms with Crippen molar-refractivity contribution >= 4 is 18.2 Å². The summed E-state index contributed by atoms with van der Waals surface area (Å²) in [4.78, 5) is 14.6. The lowest BCUT2D eigenvalue weighted by Crippen LogP contribution is -2.35. The lowest BCUT2D eigenvalue weighted by Gasteiger charge is -2.27. The lowest BCUT2D eigenvalue weighted by molar-refractivity contribution is 0.240. The van der Waals surface area contributed by atoms with E-state index in [1.54, 1.807) is 6.20 Å². The lowest BCUT2D eigenvalue weighted by atomic mass is 9.87. The zero-order valence-corrected chi connectivity index (χ0v) is 14.7. The maximum absolute atomic E-state index is 13.9. The summed E-state index contributed by atoms with van der Waals surface area (Å²) in [5.41, 5.74) is 2.10. The van der Waals surface area contributed by atoms with E-state index in [2.05, 4.69) is 15.6 Å². The quantitative estimate of drug-likeness (QED) is 0.727. The summed E-state index contributed by atoms with van der Waals surface area (Å²) in [5, 5.41) is 5.44. The number of carbonyl (C=O) groups is 1. The maximum Gasteiger partial charge on any atom is 0.315 e. The van der Waals surface area contributed by atoms with E-state index < -0.39 is 11.6 Å². The van der Waals surface area contributed by atoms with Gasteiger partial charge in [0.15, 0.2) is 4.77 Å². The van der Waals surface area contributed by atoms with E-state index >= 15 is 0 Å². The van der Waals surface area contributed by atoms with E-state index in [0.717, 1.165) is 11.8 Å². The minimum absolute atomic E-state index is 0.00140. The van der Waals surface area contributed by atoms with Crippen LogP contribution in [0.1, 0.15) is 36.2 Å². The van der Waals surface area contributed by atoms with Gasteiger partial charge >= 0.3 is 6.03 Å². The number of halogens is 2. The highest BCUT2D eigenvalue weighted by molar-refractivity contribution is 7.71. The molecule has 0 saturated carbocycles. The molecule has 0 aliphatic heterocycles. The highest BCUT2D eigenvalue weighted by Gasteiger charge is 2.25. The standard InChI is InChI=1S/C17H20F2N4OS/c1-2-20-16(24)21-8-13-9-22-17(25)23(13)12-3-4-14-10(6-12)5-11(18)7-15(14)19/h5,7,9,12H,2-4,6,8H2,1H3,(H,22,25)(H2,20,21,24). The number of fused-ring (bicyclic) bond motifs is 1. The highest BCUT2D eigenvalue weighted by Crippen LogP contribution is 2.32. The molecule has 3 N–H and O–H groups in total. The molecule has 0 bridgehead atoms. The van der Waals surface area contributed by atoms with Crippen molar-refractivity contribution in [1.29, 1.82) is 0 Å². The molecule has 1 atom stereocenters. The van der Waals surface area contributed by atoms with Crippen molar-refractivity contribution in [2.24, 2.45) is 0 Å². The van der Waals surface area contributed by atoms with Crippen molar-refractivity contribution in [3.8, 4) is 0 Å². The molecular formula is C17H20F2N4OS. The number of nitrogens with zero attached hydrogens (tertiary/aromatic N) is 1. The number of urea groups is 1. The fourth-order valence-electron chi connectivity index (χ4n) is 3.35. The number of H-pyrrole nitrogens is 1. The van der Waals surface area contributed by atoms with Gasteiger partial charge in [-0.3, -0.25) is 0 Å². The predicted molar refractivity (Wildman–Crippen MR) is 92.9 cm³/mol. The fourth-order valence-corrected chi connectivity index (χ4v) is 3.68. The molecule has 0 spiro atoms. The van der Waals surface area contributed by atoms with Gasteiger partial charge in [0.1, 0.15) is 11.6 Å². The summed E-state index contributed by atoms with van der Waals surface area (Å²) in [5.74, 6) is -1.04. The van der Waals surface area contributed by atoms with Crippen LogP contribution in [-0.2, 0) is 19.4 Å². The molecule has 1 aromatic heterocycles. The number of hydrogen-bond donors (Lipinski definition) is 3. The number of aromatic amines is 1. The third-order valence-corrected chi connectivity index (χ3v) is 4.77. The first-order valence-corrected chi connectivity index (χ1v) is 8.67. The first kappa shape index (κ1) is 17.6. The van der Waals surface area contributed by atoms with Crippen molar-refractivity contribution in [3.63, 3.8) is 0 Å². The molecule has 2 aromatic rings. The van der Waals surface area contributed by atoms with Crippen molar-refractivity contribution in [2.45, 2.75) is 38.8 Å². The first-order chi connectivity index (χ1) is 12.0. The molecule has 0 saturated heterocycles. The number of rotatable bonds is 4. The van der Waals surface area contributed by atoms with E-state index in [9.17, 15) is 13.6 Å². The molecule has 1 aliphatic carbocycles. The Bertz CT molecular complexity index is 846. The second-order valence-corrected chi connectivity index (χ2v) is 6.48. The second kappa shape index (κ2) is 7.35. The van der Waals surface area contributed by atoms with Gasteiger partial charge in [0.25, 0.3) is 0 Å². The largest absolute Gasteiger partial charge is 0.338 e. The summed E-state index contributed by atoms with van der Waals surface area (Å²) < 4.78 is 29.9. The second-order valence-electron chi connectivity index (χ2n) is 6.09. The van der Waals surface area contributed by atoms with E-state index in [1.807, 2.05) is 11.5 Å². The Hall–Kier alpha value is -2.22. The molecular weight excluding hydrogens is 346 g/mol. The first-order valence-electron chi connectivity index (χ1n) is 8.27. The average molecular weight is 366 g/mol. The summed E-state index contributed by atoms with van der Waals surface area (Å²) >= 11 is 5.37. The maximum atomic E-state index is 13.9. The minimum Gasteiger partial charge on any atom is -0.338 e. The minimum atomic E-state index is -0.562. The Morgan fingerprint density at radius 1 is 1.40 bits per heavy atom. The van der Waals surface area contributed by atoms with Crippen LogP contribution in [0.3, 0.4) is 0 Å². The number of amides is 2. The monoisotopic (exact) mass is 366 g/mol. The normalized spacial score (nSPS) is 16.4. The molecule has 134 valence electrons. The van der Waals surface area contributed by atoms with Crippen LogP contribution in [0.5, 0.6) is 0 Å². The molecule has 1 aromatic carbocycles. The number of benzene rings is 1. The van der Waals surface area contributed by atoms with Crippen molar-refractivity contribution in [2.75, 3.05) is 6.54 Å². The van der Waals surface area contributed by atoms with Crippen molar-refractivity contribution < 1.29 is 13.6 Å². The number of imidazole rings is 1. The summed E-state index contributed by atoms with van der Waals surface area (Å²) in [6.07, 6.45) is 3.50. The predicted octanol–water partition coefficient (Wildman–Crippen LogP) is 3.37. The van der Waals surface area contributed by atoms with Crippen LogP contribution in [0.15, 0.2) is 18.3 Å². The number of carbonyl (C=O) groups excluding carboxylic acids is 1. The molecule has 0 fully saturated rings. The van der Waals surface area contributed by atoms with E-state index in [-0.39, 0.29) is 12.1 Å². The van der Waals surface area contributed by atoms with Crippen LogP contribution in [0, 0.1) is 16.4 Å². The van der Waals surface area contributed by atoms with Crippen molar-refractivity contribution in [1.82, 2.24) is 20.2 Å². The van der Waals surface area contributed by atoms with Crippen LogP contribution < -0.4 is 10.6 Å². The SMILES string of the molecule is CCNC(=O)NCc1c[nH]c(=S)n1C1CCc2c(F)cc(F)cc2C1. The fraction of sp³-hybridized carbons (Fsp3) is 0.412. The van der Waals surface area contributed by atoms with Gasteiger partial charge in [-0.15, -0.1) is 0 Å². The van der Waals surface area contributed by atoms with Crippen LogP contribution in [0.4, 0.5) is 13.6 Å². The van der Waals surface area contributed by atoms with Gasteiger partial charge in [-0.05, 0) is 55.6 Å². The number of nitrogens with one attached hydrogen (secondary N) is 3. The third kappa shape index (κ3) is 3.73. The Kier molecular flexibility index (Phi) is 5.17. The molecule has 3 rings (SSSR count). The van der Waals surface area contributed by atoms with E-state index in [4.69, 9.17) is 12.2 Å². The summed E-state index contributed by atoms with van der Waals surface area (Å²) in [6, 6.07) is 2.08. The zero-order chi connectivity index (χ0) is 18.0. The molecule has 2 amide bonds. The Labute approximate surface area is 149 Å². The molecule has 1 heterocycles. The molecule has 0 radical (unpaired) electrons. The van der Waals surface area contributed by atoms with Gasteiger partial charge < -0.3 is 20.2 Å². The van der Waals surface area contributed by atoms with Crippen LogP contribution >= 0.6 is 12.2 Å². The Morgan fingerprint density at radius 2 is 2.20 bits per heavy atom. The number of hydrogen-bond acceptors (Lipinski definition) is 2. The van der Waals surface area contributed by atoms with Gasteiger partial charge in [-0.25, -0.2) is 13.6 Å². The molecule has 1 aliphatic rings. The van der Waals surface area contributed by atoms with Crippen LogP contribution in [0.2, 0.25) is 0 Å². The average Bonchev–Trinajstić information content (AvgIpc) is 2.93. The van der Waals surface area contributed by atoms with Gasteiger partial charge in [-0.2, -0.15) is 0 Å². The van der Waals surface area contributed by atoms with Gasteiger partial charge in [0, 0.05) is 24.8 Å². The Balaban J connectivity index is 1.82. The van der Waals surface area contributed by atoms with E-state index in [1.165, 1.54) is 6.07 Å². The van der Waals surface area contributed by atoms with E-state index in [0.29, 0.717) is 48.2 Å². The topological polar surface area (TPSA) is 61.9 Å².